The Balaban J connectivity index is 0.000000809. The monoisotopic (exact) mass is 604 g/mol. The van der Waals surface area contributed by atoms with E-state index >= 15 is 0 Å². The molecule has 2 rings (SSSR count). The first-order valence-electron chi connectivity index (χ1n) is 10.2. The molecule has 2 heterocycles. The highest BCUT2D eigenvalue weighted by Gasteiger charge is 2.67. The number of alkyl halides is 2. The van der Waals surface area contributed by atoms with Crippen molar-refractivity contribution in [2.24, 2.45) is 0 Å². The van der Waals surface area contributed by atoms with Crippen LogP contribution in [0.15, 0.2) is 17.1 Å². The van der Waals surface area contributed by atoms with Gasteiger partial charge >= 0.3 is 34.1 Å². The molecule has 1 saturated heterocycles. The zero-order valence-electron chi connectivity index (χ0n) is 19.4. The lowest BCUT2D eigenvalue weighted by atomic mass is 10.5. The third kappa shape index (κ3) is 9.22. The summed E-state index contributed by atoms with van der Waals surface area (Å²) in [4.78, 5) is 52.8. The molecule has 0 aliphatic carbocycles. The van der Waals surface area contributed by atoms with E-state index in [4.69, 9.17) is 25.2 Å². The summed E-state index contributed by atoms with van der Waals surface area (Å²) in [6, 6.07) is 1.31. The van der Waals surface area contributed by atoms with E-state index in [0.29, 0.717) is 0 Å². The van der Waals surface area contributed by atoms with Gasteiger partial charge in [0.25, 0.3) is 0 Å². The Morgan fingerprint density at radius 2 is 1.78 bits per heavy atom. The van der Waals surface area contributed by atoms with Crippen LogP contribution in [0.1, 0.15) is 27.0 Å². The number of thioether (sulfide) groups is 1. The van der Waals surface area contributed by atoms with Gasteiger partial charge in [-0.2, -0.15) is 13.8 Å². The Hall–Kier alpha value is -0.740. The molecule has 0 radical (unpaired) electrons. The van der Waals surface area contributed by atoms with Gasteiger partial charge in [-0.05, 0) is 25.7 Å². The first-order chi connectivity index (χ1) is 16.4. The van der Waals surface area contributed by atoms with E-state index in [2.05, 4.69) is 39.5 Å². The molecular formula is C15H29F2N4O11P3S. The minimum absolute atomic E-state index is 0.0318. The summed E-state index contributed by atoms with van der Waals surface area (Å²) >= 11 is 0.969. The van der Waals surface area contributed by atoms with Crippen LogP contribution in [0.3, 0.4) is 0 Å². The first kappa shape index (κ1) is 33.3. The number of nitrogen functional groups attached to an aromatic ring is 1. The first-order valence-corrected chi connectivity index (χ1v) is 15.9. The van der Waals surface area contributed by atoms with E-state index in [1.165, 1.54) is 31.9 Å². The third-order valence-electron chi connectivity index (χ3n) is 4.52. The van der Waals surface area contributed by atoms with Crippen LogP contribution < -0.4 is 11.4 Å². The summed E-state index contributed by atoms with van der Waals surface area (Å²) < 4.78 is 74.4. The lowest BCUT2D eigenvalue weighted by molar-refractivity contribution is -0.00660. The summed E-state index contributed by atoms with van der Waals surface area (Å²) in [7, 11) is -18.8. The molecule has 1 fully saturated rings. The molecule has 1 aromatic rings. The summed E-state index contributed by atoms with van der Waals surface area (Å²) in [6.07, 6.45) is 0.405. The van der Waals surface area contributed by atoms with Gasteiger partial charge in [0.1, 0.15) is 17.5 Å². The van der Waals surface area contributed by atoms with E-state index in [1.807, 2.05) is 0 Å². The Bertz CT molecular complexity index is 1070. The maximum atomic E-state index is 13.3. The van der Waals surface area contributed by atoms with Gasteiger partial charge in [-0.25, -0.2) is 13.7 Å². The zero-order chi connectivity index (χ0) is 27.9. The molecule has 0 aromatic carbocycles. The number of halogens is 2. The van der Waals surface area contributed by atoms with Gasteiger partial charge in [-0.1, -0.05) is 20.8 Å². The van der Waals surface area contributed by atoms with Gasteiger partial charge in [-0.15, -0.1) is 11.8 Å². The molecule has 210 valence electrons. The second-order valence-electron chi connectivity index (χ2n) is 6.94. The van der Waals surface area contributed by atoms with Crippen molar-refractivity contribution in [2.45, 2.75) is 37.8 Å². The van der Waals surface area contributed by atoms with E-state index in [0.717, 1.165) is 16.3 Å². The average Bonchev–Trinajstić information content (AvgIpc) is 3.21. The number of nitrogens with zero attached hydrogens (tertiary/aromatic N) is 3. The highest BCUT2D eigenvalue weighted by Crippen LogP contribution is 2.77. The SMILES string of the molecule is CCN(CC)CC.Nc1ccn([C@@H]2CS[C@H](COP(=O)(O)OP(=O)(O)C(F)(F)P(=O)(O)O)O2)c(=O)n1. The number of hydrogen-bond donors (Lipinski definition) is 5. The Morgan fingerprint density at radius 3 is 2.22 bits per heavy atom. The molecule has 21 heteroatoms. The zero-order valence-corrected chi connectivity index (χ0v) is 22.9. The van der Waals surface area contributed by atoms with Crippen LogP contribution in [0.5, 0.6) is 0 Å². The molecule has 0 spiro atoms. The Kier molecular flexibility index (Phi) is 12.4. The van der Waals surface area contributed by atoms with Crippen molar-refractivity contribution < 1.29 is 55.6 Å². The van der Waals surface area contributed by atoms with Crippen LogP contribution in [-0.4, -0.2) is 76.9 Å². The molecule has 4 atom stereocenters. The number of phosphoric ester groups is 1. The second-order valence-corrected chi connectivity index (χ2v) is 13.6. The second kappa shape index (κ2) is 13.4. The van der Waals surface area contributed by atoms with Crippen LogP contribution in [0.4, 0.5) is 14.6 Å². The standard InChI is InChI=1S/C9H14F2N3O11P3S.C6H15N/c10-9(11,26(16,17)18)27(19,20)25-28(21,22)23-3-7-24-6(4-29-7)14-2-1-5(12)13-8(14)15;1-4-7(5-2)6-3/h1-2,6-7H,3-4H2,(H,19,20)(H,21,22)(H2,12,13,15)(H2,16,17,18);4-6H2,1-3H3/t6-,7+;/m0./s1. The fourth-order valence-corrected chi connectivity index (χ4v) is 7.28. The molecule has 15 nitrogen and oxygen atoms in total. The summed E-state index contributed by atoms with van der Waals surface area (Å²) in [5, 5.41) is -5.64. The summed E-state index contributed by atoms with van der Waals surface area (Å²) in [6.45, 7) is 9.30. The molecule has 6 N–H and O–H groups in total. The van der Waals surface area contributed by atoms with Gasteiger partial charge in [0.05, 0.1) is 6.61 Å². The van der Waals surface area contributed by atoms with Crippen molar-refractivity contribution in [3.8, 4) is 0 Å². The van der Waals surface area contributed by atoms with E-state index in [9.17, 15) is 32.2 Å². The minimum Gasteiger partial charge on any atom is -0.383 e. The molecular weight excluding hydrogens is 575 g/mol. The normalized spacial score (nSPS) is 21.9. The molecule has 0 amide bonds. The number of nitrogens with two attached hydrogens (primary N) is 1. The molecule has 1 aromatic heterocycles. The van der Waals surface area contributed by atoms with Gasteiger partial charge in [-0.3, -0.25) is 18.2 Å². The minimum atomic E-state index is -6.62. The quantitative estimate of drug-likeness (QED) is 0.227. The van der Waals surface area contributed by atoms with Gasteiger partial charge in [0, 0.05) is 11.9 Å². The lowest BCUT2D eigenvalue weighted by Gasteiger charge is -2.24. The van der Waals surface area contributed by atoms with Crippen molar-refractivity contribution in [3.05, 3.63) is 22.7 Å². The molecule has 36 heavy (non-hydrogen) atoms. The molecule has 0 bridgehead atoms. The molecule has 0 saturated carbocycles. The maximum Gasteiger partial charge on any atom is 0.479 e. The maximum absolute atomic E-state index is 13.3. The predicted octanol–water partition coefficient (Wildman–Crippen LogP) is 1.81. The van der Waals surface area contributed by atoms with Crippen LogP contribution in [-0.2, 0) is 27.3 Å². The fraction of sp³-hybridized carbons (Fsp3) is 0.733. The van der Waals surface area contributed by atoms with Gasteiger partial charge < -0.3 is 34.9 Å². The molecule has 1 aliphatic rings. The van der Waals surface area contributed by atoms with Crippen LogP contribution in [0.2, 0.25) is 0 Å². The topological polar surface area (TPSA) is 224 Å². The van der Waals surface area contributed by atoms with Crippen molar-refractivity contribution in [1.82, 2.24) is 14.5 Å². The lowest BCUT2D eigenvalue weighted by Crippen LogP contribution is -2.28. The van der Waals surface area contributed by atoms with Crippen LogP contribution in [0.25, 0.3) is 0 Å². The van der Waals surface area contributed by atoms with Crippen molar-refractivity contribution in [2.75, 3.05) is 37.7 Å². The Labute approximate surface area is 209 Å². The predicted molar refractivity (Wildman–Crippen MR) is 126 cm³/mol. The van der Waals surface area contributed by atoms with Gasteiger partial charge in [0.15, 0.2) is 0 Å². The average molecular weight is 604 g/mol. The van der Waals surface area contributed by atoms with Crippen LogP contribution >= 0.6 is 34.8 Å². The Morgan fingerprint density at radius 1 is 1.22 bits per heavy atom. The number of phosphoric acid groups is 1. The third-order valence-corrected chi connectivity index (χ3v) is 10.7. The summed E-state index contributed by atoms with van der Waals surface area (Å²) in [5.41, 5.74) is 3.57. The largest absolute Gasteiger partial charge is 0.479 e. The highest BCUT2D eigenvalue weighted by atomic mass is 32.2. The summed E-state index contributed by atoms with van der Waals surface area (Å²) in [5.74, 6) is 0.112. The number of hydrogen-bond acceptors (Lipinski definition) is 11. The van der Waals surface area contributed by atoms with Crippen LogP contribution in [0, 0.1) is 0 Å². The van der Waals surface area contributed by atoms with E-state index < -0.39 is 52.4 Å². The fourth-order valence-electron chi connectivity index (χ4n) is 2.52. The molecule has 2 unspecified atom stereocenters. The van der Waals surface area contributed by atoms with Crippen molar-refractivity contribution in [1.29, 1.82) is 0 Å². The number of anilines is 1. The van der Waals surface area contributed by atoms with Crippen molar-refractivity contribution >= 4 is 40.6 Å². The van der Waals surface area contributed by atoms with Gasteiger partial charge in [0.2, 0.25) is 0 Å². The highest BCUT2D eigenvalue weighted by molar-refractivity contribution is 8.00. The molecule has 1 aliphatic heterocycles. The van der Waals surface area contributed by atoms with E-state index in [-0.39, 0.29) is 11.6 Å². The number of rotatable bonds is 11. The smallest absolute Gasteiger partial charge is 0.383 e. The van der Waals surface area contributed by atoms with E-state index in [1.54, 1.807) is 0 Å². The number of ether oxygens (including phenoxy) is 1. The number of aromatic nitrogens is 2. The van der Waals surface area contributed by atoms with Crippen molar-refractivity contribution in [3.63, 3.8) is 0 Å².